The van der Waals surface area contributed by atoms with E-state index in [2.05, 4.69) is 17.0 Å². The van der Waals surface area contributed by atoms with Crippen LogP contribution >= 0.6 is 0 Å². The summed E-state index contributed by atoms with van der Waals surface area (Å²) >= 11 is -1.90. The molecule has 0 aromatic carbocycles. The standard InChI is InChI=1S/C12H26N2O2S/c1-12(14-17(15)16)8-4-2-3-6-10-13-11-7-5-9-12/h13-14H,2-11H2,1H3,(H,15,16). The molecule has 0 aromatic heterocycles. The molecule has 102 valence electrons. The Bertz CT molecular complexity index is 225. The van der Waals surface area contributed by atoms with Crippen molar-refractivity contribution in [3.05, 3.63) is 0 Å². The summed E-state index contributed by atoms with van der Waals surface area (Å²) in [6.45, 7) is 4.27. The van der Waals surface area contributed by atoms with Gasteiger partial charge < -0.3 is 5.32 Å². The van der Waals surface area contributed by atoms with Crippen molar-refractivity contribution in [3.8, 4) is 0 Å². The van der Waals surface area contributed by atoms with E-state index in [0.717, 1.165) is 45.2 Å². The molecule has 0 bridgehead atoms. The number of hydrogen-bond acceptors (Lipinski definition) is 2. The fourth-order valence-electron chi connectivity index (χ4n) is 2.45. The van der Waals surface area contributed by atoms with E-state index >= 15 is 0 Å². The van der Waals surface area contributed by atoms with E-state index < -0.39 is 11.3 Å². The minimum Gasteiger partial charge on any atom is -0.317 e. The summed E-state index contributed by atoms with van der Waals surface area (Å²) in [6.07, 6.45) is 9.08. The molecular weight excluding hydrogens is 236 g/mol. The molecule has 0 aromatic rings. The molecule has 3 N–H and O–H groups in total. The third kappa shape index (κ3) is 7.13. The summed E-state index contributed by atoms with van der Waals surface area (Å²) in [6, 6.07) is 0. The van der Waals surface area contributed by atoms with Crippen molar-refractivity contribution in [1.29, 1.82) is 0 Å². The molecule has 1 rings (SSSR count). The van der Waals surface area contributed by atoms with Gasteiger partial charge in [-0.2, -0.15) is 0 Å². The lowest BCUT2D eigenvalue weighted by Gasteiger charge is -2.29. The molecule has 1 aliphatic heterocycles. The van der Waals surface area contributed by atoms with Crippen LogP contribution in [0.15, 0.2) is 0 Å². The summed E-state index contributed by atoms with van der Waals surface area (Å²) in [5.41, 5.74) is -0.182. The van der Waals surface area contributed by atoms with Crippen molar-refractivity contribution in [2.45, 2.75) is 63.8 Å². The van der Waals surface area contributed by atoms with Crippen molar-refractivity contribution in [3.63, 3.8) is 0 Å². The minimum atomic E-state index is -1.90. The second kappa shape index (κ2) is 8.19. The van der Waals surface area contributed by atoms with Crippen LogP contribution in [-0.2, 0) is 11.3 Å². The SMILES string of the molecule is CC1(NS(=O)O)CCCCCCNCCCC1. The Morgan fingerprint density at radius 2 is 1.59 bits per heavy atom. The molecule has 0 saturated carbocycles. The third-order valence-corrected chi connectivity index (χ3v) is 4.17. The normalized spacial score (nSPS) is 31.2. The van der Waals surface area contributed by atoms with Crippen LogP contribution in [0.25, 0.3) is 0 Å². The third-order valence-electron chi connectivity index (χ3n) is 3.50. The predicted molar refractivity (Wildman–Crippen MR) is 72.1 cm³/mol. The molecule has 1 heterocycles. The fourth-order valence-corrected chi connectivity index (χ4v) is 3.07. The van der Waals surface area contributed by atoms with E-state index in [9.17, 15) is 4.21 Å². The van der Waals surface area contributed by atoms with Gasteiger partial charge in [0.1, 0.15) is 0 Å². The predicted octanol–water partition coefficient (Wildman–Crippen LogP) is 2.20. The van der Waals surface area contributed by atoms with Gasteiger partial charge in [-0.15, -0.1) is 0 Å². The number of rotatable bonds is 2. The molecule has 1 fully saturated rings. The van der Waals surface area contributed by atoms with Gasteiger partial charge in [0, 0.05) is 5.54 Å². The van der Waals surface area contributed by atoms with Crippen molar-refractivity contribution in [1.82, 2.24) is 10.0 Å². The minimum absolute atomic E-state index is 0.182. The molecule has 1 aliphatic rings. The highest BCUT2D eigenvalue weighted by atomic mass is 32.2. The van der Waals surface area contributed by atoms with Gasteiger partial charge in [-0.3, -0.25) is 4.55 Å². The Balaban J connectivity index is 2.44. The molecule has 0 aliphatic carbocycles. The van der Waals surface area contributed by atoms with Gasteiger partial charge in [0.25, 0.3) is 0 Å². The topological polar surface area (TPSA) is 61.4 Å². The van der Waals surface area contributed by atoms with Crippen molar-refractivity contribution >= 4 is 11.3 Å². The van der Waals surface area contributed by atoms with E-state index in [4.69, 9.17) is 4.55 Å². The van der Waals surface area contributed by atoms with E-state index in [-0.39, 0.29) is 5.54 Å². The first-order chi connectivity index (χ1) is 8.12. The summed E-state index contributed by atoms with van der Waals surface area (Å²) in [5.74, 6) is 0. The van der Waals surface area contributed by atoms with Crippen LogP contribution in [0.1, 0.15) is 58.3 Å². The van der Waals surface area contributed by atoms with Crippen LogP contribution < -0.4 is 10.0 Å². The summed E-state index contributed by atoms with van der Waals surface area (Å²) < 4.78 is 22.8. The lowest BCUT2D eigenvalue weighted by molar-refractivity contribution is 0.326. The molecule has 2 unspecified atom stereocenters. The van der Waals surface area contributed by atoms with Crippen molar-refractivity contribution in [2.24, 2.45) is 0 Å². The van der Waals surface area contributed by atoms with Gasteiger partial charge >= 0.3 is 0 Å². The molecule has 4 nitrogen and oxygen atoms in total. The van der Waals surface area contributed by atoms with Crippen LogP contribution in [0.5, 0.6) is 0 Å². The first-order valence-electron chi connectivity index (χ1n) is 6.72. The zero-order valence-electron chi connectivity index (χ0n) is 10.8. The Hall–Kier alpha value is 0.0300. The zero-order chi connectivity index (χ0) is 12.6. The highest BCUT2D eigenvalue weighted by Crippen LogP contribution is 2.22. The molecule has 0 amide bonds. The first kappa shape index (κ1) is 15.1. The molecule has 2 atom stereocenters. The maximum absolute atomic E-state index is 10.9. The van der Waals surface area contributed by atoms with E-state index in [1.165, 1.54) is 19.3 Å². The fraction of sp³-hybridized carbons (Fsp3) is 1.00. The van der Waals surface area contributed by atoms with Gasteiger partial charge in [-0.1, -0.05) is 25.7 Å². The summed E-state index contributed by atoms with van der Waals surface area (Å²) in [7, 11) is 0. The molecule has 0 spiro atoms. The van der Waals surface area contributed by atoms with Gasteiger partial charge in [-0.25, -0.2) is 8.93 Å². The maximum Gasteiger partial charge on any atom is 0.232 e. The number of hydrogen-bond donors (Lipinski definition) is 3. The Kier molecular flexibility index (Phi) is 7.27. The highest BCUT2D eigenvalue weighted by Gasteiger charge is 2.24. The summed E-state index contributed by atoms with van der Waals surface area (Å²) in [4.78, 5) is 0. The summed E-state index contributed by atoms with van der Waals surface area (Å²) in [5, 5.41) is 3.44. The lowest BCUT2D eigenvalue weighted by atomic mass is 9.89. The van der Waals surface area contributed by atoms with E-state index in [1.54, 1.807) is 0 Å². The molecular formula is C12H26N2O2S. The molecule has 1 saturated heterocycles. The highest BCUT2D eigenvalue weighted by molar-refractivity contribution is 7.77. The van der Waals surface area contributed by atoms with Crippen LogP contribution in [0.4, 0.5) is 0 Å². The van der Waals surface area contributed by atoms with Crippen molar-refractivity contribution in [2.75, 3.05) is 13.1 Å². The van der Waals surface area contributed by atoms with Gasteiger partial charge in [0.05, 0.1) is 0 Å². The average Bonchev–Trinajstić information content (AvgIpc) is 2.22. The second-order valence-electron chi connectivity index (χ2n) is 5.28. The maximum atomic E-state index is 10.9. The van der Waals surface area contributed by atoms with Gasteiger partial charge in [0.15, 0.2) is 0 Å². The van der Waals surface area contributed by atoms with Crippen LogP contribution in [0.3, 0.4) is 0 Å². The second-order valence-corrected chi connectivity index (χ2v) is 5.99. The monoisotopic (exact) mass is 262 g/mol. The first-order valence-corrected chi connectivity index (χ1v) is 7.82. The Labute approximate surface area is 107 Å². The van der Waals surface area contributed by atoms with Gasteiger partial charge in [0.2, 0.25) is 11.3 Å². The molecule has 17 heavy (non-hydrogen) atoms. The molecule has 0 radical (unpaired) electrons. The zero-order valence-corrected chi connectivity index (χ0v) is 11.7. The van der Waals surface area contributed by atoms with Crippen LogP contribution in [-0.4, -0.2) is 27.4 Å². The van der Waals surface area contributed by atoms with Gasteiger partial charge in [-0.05, 0) is 45.7 Å². The largest absolute Gasteiger partial charge is 0.317 e. The Morgan fingerprint density at radius 1 is 1.06 bits per heavy atom. The quantitative estimate of drug-likeness (QED) is 0.669. The lowest BCUT2D eigenvalue weighted by Crippen LogP contribution is -2.43. The van der Waals surface area contributed by atoms with Crippen molar-refractivity contribution < 1.29 is 8.76 Å². The smallest absolute Gasteiger partial charge is 0.232 e. The van der Waals surface area contributed by atoms with Crippen LogP contribution in [0.2, 0.25) is 0 Å². The average molecular weight is 262 g/mol. The van der Waals surface area contributed by atoms with E-state index in [0.29, 0.717) is 0 Å². The molecule has 5 heteroatoms. The van der Waals surface area contributed by atoms with Crippen LogP contribution in [0, 0.1) is 0 Å². The Morgan fingerprint density at radius 3 is 2.24 bits per heavy atom. The number of nitrogens with one attached hydrogen (secondary N) is 2. The van der Waals surface area contributed by atoms with E-state index in [1.807, 2.05) is 0 Å².